The van der Waals surface area contributed by atoms with Crippen LogP contribution in [-0.4, -0.2) is 17.0 Å². The van der Waals surface area contributed by atoms with Crippen LogP contribution in [0.5, 0.6) is 5.75 Å². The first kappa shape index (κ1) is 16.0. The molecule has 0 aromatic heterocycles. The molecule has 0 aliphatic rings. The van der Waals surface area contributed by atoms with Crippen molar-refractivity contribution < 1.29 is 19.4 Å². The molecule has 108 valence electrons. The van der Waals surface area contributed by atoms with Crippen LogP contribution in [-0.2, 0) is 16.0 Å². The van der Waals surface area contributed by atoms with Crippen molar-refractivity contribution in [2.45, 2.75) is 33.1 Å². The lowest BCUT2D eigenvalue weighted by Crippen LogP contribution is -2.41. The summed E-state index contributed by atoms with van der Waals surface area (Å²) in [6.07, 6.45) is 2.65. The van der Waals surface area contributed by atoms with Gasteiger partial charge in [-0.1, -0.05) is 38.1 Å². The maximum atomic E-state index is 12.3. The number of carboxylic acid groups (broad SMARTS) is 1. The number of hydrogen-bond acceptors (Lipinski definition) is 3. The number of ether oxygens (including phenoxy) is 1. The van der Waals surface area contributed by atoms with E-state index in [9.17, 15) is 14.7 Å². The molecule has 0 fully saturated rings. The summed E-state index contributed by atoms with van der Waals surface area (Å²) in [7, 11) is 0. The van der Waals surface area contributed by atoms with Gasteiger partial charge >= 0.3 is 11.9 Å². The highest BCUT2D eigenvalue weighted by Gasteiger charge is 2.44. The SMILES string of the molecule is C=CCc1ccccc1OC(=O)C(CC)(CC)C(=O)O. The number of allylic oxidation sites excluding steroid dienone is 1. The van der Waals surface area contributed by atoms with Gasteiger partial charge in [-0.15, -0.1) is 6.58 Å². The fourth-order valence-corrected chi connectivity index (χ4v) is 2.05. The Morgan fingerprint density at radius 2 is 1.90 bits per heavy atom. The molecule has 0 aliphatic carbocycles. The van der Waals surface area contributed by atoms with Crippen LogP contribution < -0.4 is 4.74 Å². The van der Waals surface area contributed by atoms with Crippen LogP contribution >= 0.6 is 0 Å². The van der Waals surface area contributed by atoms with Crippen molar-refractivity contribution in [1.82, 2.24) is 0 Å². The van der Waals surface area contributed by atoms with E-state index in [1.54, 1.807) is 32.1 Å². The molecule has 0 atom stereocenters. The number of hydrogen-bond donors (Lipinski definition) is 1. The van der Waals surface area contributed by atoms with Crippen molar-refractivity contribution in [2.75, 3.05) is 0 Å². The molecule has 1 rings (SSSR count). The van der Waals surface area contributed by atoms with E-state index < -0.39 is 17.4 Å². The fourth-order valence-electron chi connectivity index (χ4n) is 2.05. The van der Waals surface area contributed by atoms with Crippen LogP contribution in [0.1, 0.15) is 32.3 Å². The van der Waals surface area contributed by atoms with Gasteiger partial charge in [-0.25, -0.2) is 0 Å². The zero-order chi connectivity index (χ0) is 15.2. The van der Waals surface area contributed by atoms with Crippen LogP contribution in [0.2, 0.25) is 0 Å². The first-order valence-electron chi connectivity index (χ1n) is 6.66. The maximum Gasteiger partial charge on any atom is 0.328 e. The summed E-state index contributed by atoms with van der Waals surface area (Å²) >= 11 is 0. The quantitative estimate of drug-likeness (QED) is 0.359. The van der Waals surface area contributed by atoms with E-state index in [-0.39, 0.29) is 12.8 Å². The highest BCUT2D eigenvalue weighted by molar-refractivity contribution is 5.99. The molecule has 0 spiro atoms. The largest absolute Gasteiger partial charge is 0.480 e. The van der Waals surface area contributed by atoms with E-state index in [1.807, 2.05) is 12.1 Å². The van der Waals surface area contributed by atoms with Crippen LogP contribution in [0.25, 0.3) is 0 Å². The summed E-state index contributed by atoms with van der Waals surface area (Å²) in [6, 6.07) is 7.06. The molecule has 0 saturated carbocycles. The molecule has 0 radical (unpaired) electrons. The molecule has 1 aromatic rings. The normalized spacial score (nSPS) is 10.9. The molecule has 1 N–H and O–H groups in total. The number of carbonyl (C=O) groups excluding carboxylic acids is 1. The third-order valence-electron chi connectivity index (χ3n) is 3.55. The minimum absolute atomic E-state index is 0.196. The Labute approximate surface area is 119 Å². The number of aliphatic carboxylic acids is 1. The number of para-hydroxylation sites is 1. The van der Waals surface area contributed by atoms with Gasteiger partial charge in [0.25, 0.3) is 0 Å². The van der Waals surface area contributed by atoms with Crippen molar-refractivity contribution in [3.05, 3.63) is 42.5 Å². The van der Waals surface area contributed by atoms with E-state index >= 15 is 0 Å². The predicted octanol–water partition coefficient (Wildman–Crippen LogP) is 3.21. The lowest BCUT2D eigenvalue weighted by Gasteiger charge is -2.24. The molecule has 0 saturated heterocycles. The first-order chi connectivity index (χ1) is 9.51. The number of carboxylic acids is 1. The van der Waals surface area contributed by atoms with E-state index in [4.69, 9.17) is 4.74 Å². The number of rotatable bonds is 7. The van der Waals surface area contributed by atoms with Gasteiger partial charge in [0.1, 0.15) is 5.75 Å². The second kappa shape index (κ2) is 6.89. The molecule has 0 heterocycles. The zero-order valence-electron chi connectivity index (χ0n) is 11.9. The topological polar surface area (TPSA) is 63.6 Å². The van der Waals surface area contributed by atoms with Gasteiger partial charge in [0, 0.05) is 0 Å². The van der Waals surface area contributed by atoms with Gasteiger partial charge in [0.2, 0.25) is 0 Å². The van der Waals surface area contributed by atoms with Crippen LogP contribution in [0.3, 0.4) is 0 Å². The van der Waals surface area contributed by atoms with Crippen LogP contribution in [0.4, 0.5) is 0 Å². The molecule has 0 amide bonds. The van der Waals surface area contributed by atoms with Crippen molar-refractivity contribution >= 4 is 11.9 Å². The molecule has 20 heavy (non-hydrogen) atoms. The van der Waals surface area contributed by atoms with E-state index in [0.717, 1.165) is 5.56 Å². The van der Waals surface area contributed by atoms with E-state index in [2.05, 4.69) is 6.58 Å². The molecule has 4 heteroatoms. The molecule has 4 nitrogen and oxygen atoms in total. The number of benzene rings is 1. The van der Waals surface area contributed by atoms with Gasteiger partial charge in [0.15, 0.2) is 5.41 Å². The first-order valence-corrected chi connectivity index (χ1v) is 6.66. The second-order valence-corrected chi connectivity index (χ2v) is 4.58. The third-order valence-corrected chi connectivity index (χ3v) is 3.55. The Bertz CT molecular complexity index is 501. The second-order valence-electron chi connectivity index (χ2n) is 4.58. The van der Waals surface area contributed by atoms with Crippen molar-refractivity contribution in [3.8, 4) is 5.75 Å². The number of esters is 1. The number of carbonyl (C=O) groups is 2. The predicted molar refractivity (Wildman–Crippen MR) is 76.6 cm³/mol. The molecular formula is C16H20O4. The van der Waals surface area contributed by atoms with Crippen LogP contribution in [0, 0.1) is 5.41 Å². The summed E-state index contributed by atoms with van der Waals surface area (Å²) in [4.78, 5) is 23.7. The Balaban J connectivity index is 3.06. The van der Waals surface area contributed by atoms with Crippen LogP contribution in [0.15, 0.2) is 36.9 Å². The van der Waals surface area contributed by atoms with Gasteiger partial charge in [0.05, 0.1) is 0 Å². The maximum absolute atomic E-state index is 12.3. The summed E-state index contributed by atoms with van der Waals surface area (Å²) in [6.45, 7) is 7.00. The minimum atomic E-state index is -1.48. The van der Waals surface area contributed by atoms with Gasteiger partial charge in [-0.2, -0.15) is 0 Å². The Hall–Kier alpha value is -2.10. The fraction of sp³-hybridized carbons (Fsp3) is 0.375. The standard InChI is InChI=1S/C16H20O4/c1-4-9-12-10-7-8-11-13(12)20-15(19)16(5-2,6-3)14(17)18/h4,7-8,10-11H,1,5-6,9H2,2-3H3,(H,17,18). The van der Waals surface area contributed by atoms with Gasteiger partial charge in [-0.05, 0) is 30.9 Å². The molecule has 0 bridgehead atoms. The summed E-state index contributed by atoms with van der Waals surface area (Å²) < 4.78 is 5.34. The Morgan fingerprint density at radius 1 is 1.30 bits per heavy atom. The monoisotopic (exact) mass is 276 g/mol. The van der Waals surface area contributed by atoms with E-state index in [0.29, 0.717) is 12.2 Å². The minimum Gasteiger partial charge on any atom is -0.480 e. The van der Waals surface area contributed by atoms with Gasteiger partial charge < -0.3 is 9.84 Å². The Kier molecular flexibility index (Phi) is 5.50. The third kappa shape index (κ3) is 3.07. The van der Waals surface area contributed by atoms with Crippen molar-refractivity contribution in [2.24, 2.45) is 5.41 Å². The summed E-state index contributed by atoms with van der Waals surface area (Å²) in [5.41, 5.74) is -0.677. The average Bonchev–Trinajstić information content (AvgIpc) is 2.43. The van der Waals surface area contributed by atoms with Gasteiger partial charge in [-0.3, -0.25) is 9.59 Å². The molecular weight excluding hydrogens is 256 g/mol. The molecule has 1 aromatic carbocycles. The van der Waals surface area contributed by atoms with Crippen molar-refractivity contribution in [3.63, 3.8) is 0 Å². The highest BCUT2D eigenvalue weighted by Crippen LogP contribution is 2.30. The summed E-state index contributed by atoms with van der Waals surface area (Å²) in [5.74, 6) is -1.47. The zero-order valence-corrected chi connectivity index (χ0v) is 11.9. The highest BCUT2D eigenvalue weighted by atomic mass is 16.5. The van der Waals surface area contributed by atoms with Crippen molar-refractivity contribution in [1.29, 1.82) is 0 Å². The average molecular weight is 276 g/mol. The lowest BCUT2D eigenvalue weighted by atomic mass is 9.82. The Morgan fingerprint density at radius 3 is 2.40 bits per heavy atom. The molecule has 0 unspecified atom stereocenters. The van der Waals surface area contributed by atoms with E-state index in [1.165, 1.54) is 0 Å². The summed E-state index contributed by atoms with van der Waals surface area (Å²) in [5, 5.41) is 9.33. The lowest BCUT2D eigenvalue weighted by molar-refractivity contribution is -0.163. The molecule has 0 aliphatic heterocycles. The smallest absolute Gasteiger partial charge is 0.328 e.